The molecule has 22 heavy (non-hydrogen) atoms. The van der Waals surface area contributed by atoms with Crippen LogP contribution in [0.4, 0.5) is 0 Å². The molecule has 2 atom stereocenters. The number of amides is 1. The first-order valence-electron chi connectivity index (χ1n) is 6.97. The van der Waals surface area contributed by atoms with Gasteiger partial charge in [0.15, 0.2) is 0 Å². The largest absolute Gasteiger partial charge is 0.392 e. The van der Waals surface area contributed by atoms with E-state index in [9.17, 15) is 9.90 Å². The Labute approximate surface area is 144 Å². The van der Waals surface area contributed by atoms with Gasteiger partial charge in [-0.05, 0) is 31.6 Å². The van der Waals surface area contributed by atoms with E-state index >= 15 is 0 Å². The molecule has 7 heteroatoms. The Morgan fingerprint density at radius 2 is 1.95 bits per heavy atom. The average molecular weight is 350 g/mol. The molecule has 3 N–H and O–H groups in total. The topological polar surface area (TPSA) is 64.6 Å². The van der Waals surface area contributed by atoms with Gasteiger partial charge in [-0.15, -0.1) is 24.8 Å². The van der Waals surface area contributed by atoms with E-state index in [1.165, 1.54) is 5.56 Å². The van der Waals surface area contributed by atoms with Crippen LogP contribution in [0.1, 0.15) is 17.5 Å². The van der Waals surface area contributed by atoms with E-state index in [0.29, 0.717) is 19.5 Å². The highest BCUT2D eigenvalue weighted by Crippen LogP contribution is 2.11. The fraction of sp³-hybridized carbons (Fsp3) is 0.533. The summed E-state index contributed by atoms with van der Waals surface area (Å²) in [6, 6.07) is 7.85. The third kappa shape index (κ3) is 6.10. The van der Waals surface area contributed by atoms with Crippen molar-refractivity contribution in [3.8, 4) is 0 Å². The third-order valence-corrected chi connectivity index (χ3v) is 3.48. The molecular weight excluding hydrogens is 325 g/mol. The summed E-state index contributed by atoms with van der Waals surface area (Å²) in [5.41, 5.74) is 2.35. The van der Waals surface area contributed by atoms with Crippen LogP contribution < -0.4 is 10.6 Å². The first-order valence-corrected chi connectivity index (χ1v) is 6.97. The predicted molar refractivity (Wildman–Crippen MR) is 92.6 cm³/mol. The zero-order valence-corrected chi connectivity index (χ0v) is 14.5. The number of aliphatic hydroxyl groups excluding tert-OH is 1. The smallest absolute Gasteiger partial charge is 0.237 e. The molecule has 1 saturated heterocycles. The molecule has 0 aromatic heterocycles. The number of halogens is 2. The van der Waals surface area contributed by atoms with Crippen LogP contribution in [0.15, 0.2) is 24.3 Å². The number of carbonyl (C=O) groups is 1. The van der Waals surface area contributed by atoms with Gasteiger partial charge < -0.3 is 20.6 Å². The van der Waals surface area contributed by atoms with E-state index in [2.05, 4.69) is 21.6 Å². The lowest BCUT2D eigenvalue weighted by Gasteiger charge is -2.16. The zero-order valence-electron chi connectivity index (χ0n) is 12.9. The standard InChI is InChI=1S/C15H23N3O2.2ClH/c1-18(2)10-12-6-4-3-5-11(12)8-17-15(20)14-7-13(19)9-16-14;;/h3-6,13-14,16,19H,7-10H2,1-2H3,(H,17,20);2*1H. The summed E-state index contributed by atoms with van der Waals surface area (Å²) in [7, 11) is 4.05. The van der Waals surface area contributed by atoms with E-state index in [4.69, 9.17) is 0 Å². The summed E-state index contributed by atoms with van der Waals surface area (Å²) in [6.07, 6.45) is 0.0809. The molecule has 1 aromatic carbocycles. The van der Waals surface area contributed by atoms with Crippen LogP contribution in [0.3, 0.4) is 0 Å². The van der Waals surface area contributed by atoms with Crippen LogP contribution in [-0.2, 0) is 17.9 Å². The lowest BCUT2D eigenvalue weighted by atomic mass is 10.1. The summed E-state index contributed by atoms with van der Waals surface area (Å²) < 4.78 is 0. The lowest BCUT2D eigenvalue weighted by molar-refractivity contribution is -0.123. The molecule has 0 aliphatic carbocycles. The first kappa shape index (κ1) is 21.1. The highest BCUT2D eigenvalue weighted by atomic mass is 35.5. The fourth-order valence-corrected chi connectivity index (χ4v) is 2.45. The number of aliphatic hydroxyl groups is 1. The minimum atomic E-state index is -0.410. The molecule has 1 amide bonds. The molecule has 1 fully saturated rings. The van der Waals surface area contributed by atoms with Crippen LogP contribution in [-0.4, -0.2) is 48.7 Å². The van der Waals surface area contributed by atoms with Gasteiger partial charge in [-0.3, -0.25) is 4.79 Å². The van der Waals surface area contributed by atoms with Crippen molar-refractivity contribution in [3.05, 3.63) is 35.4 Å². The molecule has 126 valence electrons. The number of nitrogens with zero attached hydrogens (tertiary/aromatic N) is 1. The second kappa shape index (κ2) is 10.0. The summed E-state index contributed by atoms with van der Waals surface area (Å²) in [5, 5.41) is 15.4. The average Bonchev–Trinajstić information content (AvgIpc) is 2.83. The Morgan fingerprint density at radius 3 is 2.50 bits per heavy atom. The number of hydrogen-bond acceptors (Lipinski definition) is 4. The molecule has 2 unspecified atom stereocenters. The van der Waals surface area contributed by atoms with E-state index < -0.39 is 6.10 Å². The maximum Gasteiger partial charge on any atom is 0.237 e. The molecule has 1 aliphatic rings. The normalized spacial score (nSPS) is 20.2. The van der Waals surface area contributed by atoms with Gasteiger partial charge in [-0.25, -0.2) is 0 Å². The minimum absolute atomic E-state index is 0. The monoisotopic (exact) mass is 349 g/mol. The van der Waals surface area contributed by atoms with Crippen molar-refractivity contribution in [1.29, 1.82) is 0 Å². The Bertz CT molecular complexity index is 472. The highest BCUT2D eigenvalue weighted by molar-refractivity contribution is 5.85. The molecule has 1 aliphatic heterocycles. The van der Waals surface area contributed by atoms with Crippen molar-refractivity contribution in [3.63, 3.8) is 0 Å². The van der Waals surface area contributed by atoms with Crippen LogP contribution >= 0.6 is 24.8 Å². The Kier molecular flexibility index (Phi) is 9.64. The van der Waals surface area contributed by atoms with Crippen molar-refractivity contribution < 1.29 is 9.90 Å². The molecule has 0 spiro atoms. The maximum absolute atomic E-state index is 12.0. The number of benzene rings is 1. The highest BCUT2D eigenvalue weighted by Gasteiger charge is 2.27. The van der Waals surface area contributed by atoms with Crippen molar-refractivity contribution in [2.75, 3.05) is 20.6 Å². The molecule has 1 heterocycles. The number of hydrogen-bond donors (Lipinski definition) is 3. The lowest BCUT2D eigenvalue weighted by Crippen LogP contribution is -2.40. The molecular formula is C15H25Cl2N3O2. The van der Waals surface area contributed by atoms with E-state index in [1.54, 1.807) is 0 Å². The number of carbonyl (C=O) groups excluding carboxylic acids is 1. The Hall–Kier alpha value is -0.850. The SMILES string of the molecule is CN(C)Cc1ccccc1CNC(=O)C1CC(O)CN1.Cl.Cl. The fourth-order valence-electron chi connectivity index (χ4n) is 2.45. The first-order chi connectivity index (χ1) is 9.56. The van der Waals surface area contributed by atoms with Crippen molar-refractivity contribution in [1.82, 2.24) is 15.5 Å². The number of nitrogens with one attached hydrogen (secondary N) is 2. The van der Waals surface area contributed by atoms with Gasteiger partial charge in [-0.2, -0.15) is 0 Å². The van der Waals surface area contributed by atoms with Crippen LogP contribution in [0.25, 0.3) is 0 Å². The molecule has 0 saturated carbocycles. The van der Waals surface area contributed by atoms with Crippen LogP contribution in [0, 0.1) is 0 Å². The maximum atomic E-state index is 12.0. The van der Waals surface area contributed by atoms with Crippen molar-refractivity contribution in [2.45, 2.75) is 31.7 Å². The second-order valence-electron chi connectivity index (χ2n) is 5.57. The Balaban J connectivity index is 0.00000220. The third-order valence-electron chi connectivity index (χ3n) is 3.48. The number of rotatable bonds is 5. The van der Waals surface area contributed by atoms with Crippen LogP contribution in [0.5, 0.6) is 0 Å². The van der Waals surface area contributed by atoms with Gasteiger partial charge in [0.05, 0.1) is 12.1 Å². The molecule has 5 nitrogen and oxygen atoms in total. The predicted octanol–water partition coefficient (Wildman–Crippen LogP) is 0.931. The van der Waals surface area contributed by atoms with Gasteiger partial charge in [0.1, 0.15) is 0 Å². The zero-order chi connectivity index (χ0) is 14.5. The van der Waals surface area contributed by atoms with Gasteiger partial charge in [0, 0.05) is 19.6 Å². The summed E-state index contributed by atoms with van der Waals surface area (Å²) in [6.45, 7) is 1.87. The molecule has 0 bridgehead atoms. The van der Waals surface area contributed by atoms with Gasteiger partial charge in [0.25, 0.3) is 0 Å². The van der Waals surface area contributed by atoms with Gasteiger partial charge in [-0.1, -0.05) is 24.3 Å². The van der Waals surface area contributed by atoms with E-state index in [1.807, 2.05) is 32.3 Å². The Morgan fingerprint density at radius 1 is 1.32 bits per heavy atom. The van der Waals surface area contributed by atoms with Crippen molar-refractivity contribution >= 4 is 30.7 Å². The molecule has 2 rings (SSSR count). The molecule has 1 aromatic rings. The molecule has 0 radical (unpaired) electrons. The summed E-state index contributed by atoms with van der Waals surface area (Å²) in [4.78, 5) is 14.1. The minimum Gasteiger partial charge on any atom is -0.392 e. The van der Waals surface area contributed by atoms with Crippen LogP contribution in [0.2, 0.25) is 0 Å². The quantitative estimate of drug-likeness (QED) is 0.739. The van der Waals surface area contributed by atoms with Gasteiger partial charge in [0.2, 0.25) is 5.91 Å². The number of β-amino-alcohol motifs (C(OH)–C–C–N with tert-alkyl or cyclic N) is 1. The van der Waals surface area contributed by atoms with E-state index in [0.717, 1.165) is 12.1 Å². The van der Waals surface area contributed by atoms with Gasteiger partial charge >= 0.3 is 0 Å². The second-order valence-corrected chi connectivity index (χ2v) is 5.57. The summed E-state index contributed by atoms with van der Waals surface area (Å²) in [5.74, 6) is -0.0405. The van der Waals surface area contributed by atoms with Crippen molar-refractivity contribution in [2.24, 2.45) is 0 Å². The summed E-state index contributed by atoms with van der Waals surface area (Å²) >= 11 is 0. The van der Waals surface area contributed by atoms with E-state index in [-0.39, 0.29) is 36.8 Å².